The highest BCUT2D eigenvalue weighted by atomic mass is 16.5. The van der Waals surface area contributed by atoms with Gasteiger partial charge in [0.25, 0.3) is 0 Å². The van der Waals surface area contributed by atoms with Gasteiger partial charge in [0.2, 0.25) is 0 Å². The number of piperidine rings is 1. The summed E-state index contributed by atoms with van der Waals surface area (Å²) in [5, 5.41) is 0. The second-order valence-electron chi connectivity index (χ2n) is 9.14. The molecule has 1 saturated heterocycles. The van der Waals surface area contributed by atoms with Crippen molar-refractivity contribution in [2.75, 3.05) is 40.5 Å². The fraction of sp³-hybridized carbons (Fsp3) is 0.556. The van der Waals surface area contributed by atoms with Crippen molar-refractivity contribution in [3.8, 4) is 11.5 Å². The van der Waals surface area contributed by atoms with E-state index in [0.29, 0.717) is 12.5 Å². The molecular formula is C27H37NO3. The number of fused-ring (bicyclic) bond motifs is 1. The zero-order valence-corrected chi connectivity index (χ0v) is 19.6. The van der Waals surface area contributed by atoms with Gasteiger partial charge in [0.1, 0.15) is 5.76 Å². The molecule has 1 aromatic rings. The summed E-state index contributed by atoms with van der Waals surface area (Å²) in [7, 11) is 3.39. The largest absolute Gasteiger partial charge is 0.493 e. The number of nitrogens with zero attached hydrogens (tertiary/aromatic N) is 1. The first-order valence-electron chi connectivity index (χ1n) is 11.8. The lowest BCUT2D eigenvalue weighted by molar-refractivity contribution is 0.192. The first-order valence-corrected chi connectivity index (χ1v) is 11.8. The second kappa shape index (κ2) is 9.95. The molecule has 1 fully saturated rings. The molecule has 4 heteroatoms. The van der Waals surface area contributed by atoms with Crippen molar-refractivity contribution in [3.63, 3.8) is 0 Å². The predicted octanol–water partition coefficient (Wildman–Crippen LogP) is 5.63. The standard InChI is InChI=1S/C27H37NO3/c1-5-31-27-23(15-22-16-25(29-3)26(30-4)17-24(22)27)14-20-10-12-28(13-11-20)18-21-9-7-6-8-19(21)2/h6-7,9,16-17,19-20H,5,8,10-15,18H2,1-4H3. The minimum Gasteiger partial charge on any atom is -0.493 e. The summed E-state index contributed by atoms with van der Waals surface area (Å²) in [6.45, 7) is 8.64. The average molecular weight is 424 g/mol. The van der Waals surface area contributed by atoms with Gasteiger partial charge in [-0.25, -0.2) is 0 Å². The number of rotatable bonds is 8. The van der Waals surface area contributed by atoms with Gasteiger partial charge in [-0.1, -0.05) is 30.7 Å². The molecule has 1 heterocycles. The Hall–Kier alpha value is -2.20. The second-order valence-corrected chi connectivity index (χ2v) is 9.14. The van der Waals surface area contributed by atoms with Gasteiger partial charge in [0.05, 0.1) is 20.8 Å². The highest BCUT2D eigenvalue weighted by Gasteiger charge is 2.29. The zero-order valence-electron chi connectivity index (χ0n) is 19.6. The third-order valence-electron chi connectivity index (χ3n) is 7.09. The van der Waals surface area contributed by atoms with Crippen LogP contribution in [0.2, 0.25) is 0 Å². The van der Waals surface area contributed by atoms with Gasteiger partial charge >= 0.3 is 0 Å². The molecule has 2 aliphatic carbocycles. The third kappa shape index (κ3) is 4.85. The lowest BCUT2D eigenvalue weighted by atomic mass is 9.88. The zero-order chi connectivity index (χ0) is 21.8. The van der Waals surface area contributed by atoms with Crippen molar-refractivity contribution < 1.29 is 14.2 Å². The first kappa shape index (κ1) is 22.0. The Morgan fingerprint density at radius 1 is 1.06 bits per heavy atom. The summed E-state index contributed by atoms with van der Waals surface area (Å²) in [6, 6.07) is 4.21. The Morgan fingerprint density at radius 3 is 2.48 bits per heavy atom. The van der Waals surface area contributed by atoms with E-state index in [1.807, 2.05) is 0 Å². The lowest BCUT2D eigenvalue weighted by Crippen LogP contribution is -2.36. The fourth-order valence-electron chi connectivity index (χ4n) is 5.22. The van der Waals surface area contributed by atoms with Crippen molar-refractivity contribution in [2.24, 2.45) is 11.8 Å². The highest BCUT2D eigenvalue weighted by molar-refractivity contribution is 5.74. The van der Waals surface area contributed by atoms with E-state index in [1.165, 1.54) is 49.1 Å². The molecule has 0 bridgehead atoms. The smallest absolute Gasteiger partial charge is 0.161 e. The van der Waals surface area contributed by atoms with Gasteiger partial charge in [-0.05, 0) is 87.2 Å². The van der Waals surface area contributed by atoms with Crippen LogP contribution in [-0.4, -0.2) is 45.4 Å². The van der Waals surface area contributed by atoms with E-state index in [4.69, 9.17) is 14.2 Å². The number of allylic oxidation sites excluding steroid dienone is 4. The molecule has 4 nitrogen and oxygen atoms in total. The normalized spacial score (nSPS) is 21.8. The van der Waals surface area contributed by atoms with Crippen LogP contribution >= 0.6 is 0 Å². The van der Waals surface area contributed by atoms with Gasteiger partial charge in [0.15, 0.2) is 11.5 Å². The molecule has 0 aromatic heterocycles. The van der Waals surface area contributed by atoms with E-state index in [0.717, 1.165) is 42.6 Å². The molecule has 3 aliphatic rings. The number of methoxy groups -OCH3 is 2. The van der Waals surface area contributed by atoms with Crippen LogP contribution in [0, 0.1) is 11.8 Å². The molecule has 0 saturated carbocycles. The quantitative estimate of drug-likeness (QED) is 0.542. The molecule has 0 amide bonds. The summed E-state index contributed by atoms with van der Waals surface area (Å²) < 4.78 is 17.2. The molecule has 168 valence electrons. The summed E-state index contributed by atoms with van der Waals surface area (Å²) in [5.41, 5.74) is 5.51. The van der Waals surface area contributed by atoms with E-state index in [-0.39, 0.29) is 0 Å². The van der Waals surface area contributed by atoms with Crippen LogP contribution in [0.15, 0.2) is 41.5 Å². The van der Waals surface area contributed by atoms with Gasteiger partial charge in [0, 0.05) is 12.1 Å². The highest BCUT2D eigenvalue weighted by Crippen LogP contribution is 2.43. The van der Waals surface area contributed by atoms with Gasteiger partial charge in [-0.15, -0.1) is 0 Å². The van der Waals surface area contributed by atoms with Crippen molar-refractivity contribution >= 4 is 5.76 Å². The minimum atomic E-state index is 0.687. The number of likely N-dealkylation sites (tertiary alicyclic amines) is 1. The maximum atomic E-state index is 6.15. The molecule has 31 heavy (non-hydrogen) atoms. The molecule has 1 unspecified atom stereocenters. The molecular weight excluding hydrogens is 386 g/mol. The van der Waals surface area contributed by atoms with E-state index in [1.54, 1.807) is 19.8 Å². The van der Waals surface area contributed by atoms with Crippen LogP contribution in [0.25, 0.3) is 5.76 Å². The number of ether oxygens (including phenoxy) is 3. The molecule has 4 rings (SSSR count). The van der Waals surface area contributed by atoms with Crippen molar-refractivity contribution in [1.29, 1.82) is 0 Å². The lowest BCUT2D eigenvalue weighted by Gasteiger charge is -2.34. The van der Waals surface area contributed by atoms with Crippen molar-refractivity contribution in [3.05, 3.63) is 52.6 Å². The molecule has 1 atom stereocenters. The van der Waals surface area contributed by atoms with Crippen LogP contribution < -0.4 is 9.47 Å². The van der Waals surface area contributed by atoms with Gasteiger partial charge < -0.3 is 14.2 Å². The molecule has 0 radical (unpaired) electrons. The first-order chi connectivity index (χ1) is 15.1. The summed E-state index contributed by atoms with van der Waals surface area (Å²) >= 11 is 0. The Labute approximate surface area is 187 Å². The molecule has 0 N–H and O–H groups in total. The topological polar surface area (TPSA) is 30.9 Å². The Balaban J connectivity index is 1.41. The predicted molar refractivity (Wildman–Crippen MR) is 127 cm³/mol. The molecule has 1 aromatic carbocycles. The van der Waals surface area contributed by atoms with Gasteiger partial charge in [-0.2, -0.15) is 0 Å². The third-order valence-corrected chi connectivity index (χ3v) is 7.09. The minimum absolute atomic E-state index is 0.687. The van der Waals surface area contributed by atoms with Crippen LogP contribution in [0.4, 0.5) is 0 Å². The van der Waals surface area contributed by atoms with E-state index in [2.05, 4.69) is 49.1 Å². The fourth-order valence-corrected chi connectivity index (χ4v) is 5.22. The van der Waals surface area contributed by atoms with Crippen LogP contribution in [0.5, 0.6) is 11.5 Å². The summed E-state index contributed by atoms with van der Waals surface area (Å²) in [5.74, 6) is 4.07. The summed E-state index contributed by atoms with van der Waals surface area (Å²) in [6.07, 6.45) is 12.7. The van der Waals surface area contributed by atoms with E-state index in [9.17, 15) is 0 Å². The van der Waals surface area contributed by atoms with Crippen molar-refractivity contribution in [2.45, 2.75) is 46.0 Å². The van der Waals surface area contributed by atoms with Crippen LogP contribution in [-0.2, 0) is 11.2 Å². The number of hydrogen-bond acceptors (Lipinski definition) is 4. The number of hydrogen-bond donors (Lipinski definition) is 0. The van der Waals surface area contributed by atoms with Crippen LogP contribution in [0.3, 0.4) is 0 Å². The Bertz CT molecular complexity index is 875. The van der Waals surface area contributed by atoms with Gasteiger partial charge in [-0.3, -0.25) is 4.90 Å². The Kier molecular flexibility index (Phi) is 7.06. The number of benzene rings is 1. The maximum Gasteiger partial charge on any atom is 0.161 e. The van der Waals surface area contributed by atoms with E-state index < -0.39 is 0 Å². The molecule has 1 aliphatic heterocycles. The summed E-state index contributed by atoms with van der Waals surface area (Å²) in [4.78, 5) is 2.65. The SMILES string of the molecule is CCOC1=C(CC2CCN(CC3=CC=CCC3C)CC2)Cc2cc(OC)c(OC)cc21. The van der Waals surface area contributed by atoms with Crippen LogP contribution in [0.1, 0.15) is 50.7 Å². The van der Waals surface area contributed by atoms with E-state index >= 15 is 0 Å². The monoisotopic (exact) mass is 423 g/mol. The maximum absolute atomic E-state index is 6.15. The molecule has 0 spiro atoms. The Morgan fingerprint density at radius 2 is 1.81 bits per heavy atom. The average Bonchev–Trinajstić information content (AvgIpc) is 3.11. The van der Waals surface area contributed by atoms with Crippen molar-refractivity contribution in [1.82, 2.24) is 4.90 Å².